The predicted molar refractivity (Wildman–Crippen MR) is 144 cm³/mol. The Balaban J connectivity index is 1.66. The van der Waals surface area contributed by atoms with Crippen molar-refractivity contribution < 1.29 is 22.7 Å². The first kappa shape index (κ1) is 27.2. The first-order valence-electron chi connectivity index (χ1n) is 12.3. The van der Waals surface area contributed by atoms with Gasteiger partial charge in [-0.25, -0.2) is 28.2 Å². The van der Waals surface area contributed by atoms with Gasteiger partial charge in [0.2, 0.25) is 0 Å². The highest BCUT2D eigenvalue weighted by Crippen LogP contribution is 2.28. The van der Waals surface area contributed by atoms with Crippen molar-refractivity contribution >= 4 is 38.7 Å². The van der Waals surface area contributed by atoms with Crippen molar-refractivity contribution in [2.45, 2.75) is 51.0 Å². The maximum atomic E-state index is 12.6. The summed E-state index contributed by atoms with van der Waals surface area (Å²) >= 11 is 0. The molecular formula is C26H32N6O5S. The van der Waals surface area contributed by atoms with Crippen LogP contribution in [0.15, 0.2) is 36.7 Å². The molecule has 1 saturated heterocycles. The van der Waals surface area contributed by atoms with Gasteiger partial charge in [0.05, 0.1) is 17.0 Å². The van der Waals surface area contributed by atoms with E-state index in [4.69, 9.17) is 15.5 Å². The van der Waals surface area contributed by atoms with E-state index in [0.717, 1.165) is 12.8 Å². The number of amides is 2. The minimum atomic E-state index is -3.17. The number of aromatic nitrogens is 3. The minimum Gasteiger partial charge on any atom is -0.444 e. The molecule has 12 heteroatoms. The Morgan fingerprint density at radius 1 is 1.16 bits per heavy atom. The largest absolute Gasteiger partial charge is 0.444 e. The van der Waals surface area contributed by atoms with Gasteiger partial charge in [-0.2, -0.15) is 0 Å². The van der Waals surface area contributed by atoms with Crippen molar-refractivity contribution in [2.75, 3.05) is 24.7 Å². The molecule has 0 bridgehead atoms. The van der Waals surface area contributed by atoms with Crippen LogP contribution in [-0.2, 0) is 20.3 Å². The van der Waals surface area contributed by atoms with Gasteiger partial charge < -0.3 is 20.7 Å². The van der Waals surface area contributed by atoms with E-state index in [1.165, 1.54) is 12.6 Å². The molecule has 1 atom stereocenters. The summed E-state index contributed by atoms with van der Waals surface area (Å²) in [4.78, 5) is 40.0. The zero-order valence-electron chi connectivity index (χ0n) is 21.9. The van der Waals surface area contributed by atoms with Crippen LogP contribution in [0, 0.1) is 0 Å². The summed E-state index contributed by atoms with van der Waals surface area (Å²) in [5, 5.41) is 3.37. The second kappa shape index (κ2) is 10.5. The van der Waals surface area contributed by atoms with E-state index >= 15 is 0 Å². The van der Waals surface area contributed by atoms with Crippen molar-refractivity contribution in [1.29, 1.82) is 0 Å². The molecule has 2 amide bonds. The van der Waals surface area contributed by atoms with Gasteiger partial charge in [0.25, 0.3) is 5.91 Å². The van der Waals surface area contributed by atoms with Crippen LogP contribution in [0.4, 0.5) is 10.6 Å². The molecule has 1 aromatic carbocycles. The summed E-state index contributed by atoms with van der Waals surface area (Å²) < 4.78 is 28.8. The van der Waals surface area contributed by atoms with Gasteiger partial charge in [0.15, 0.2) is 15.7 Å². The number of benzene rings is 1. The van der Waals surface area contributed by atoms with Crippen LogP contribution in [0.3, 0.4) is 0 Å². The number of primary amides is 1. The van der Waals surface area contributed by atoms with Crippen LogP contribution in [0.25, 0.3) is 22.3 Å². The van der Waals surface area contributed by atoms with Gasteiger partial charge in [0.1, 0.15) is 23.0 Å². The first-order valence-corrected chi connectivity index (χ1v) is 14.3. The third-order valence-corrected chi connectivity index (χ3v) is 6.81. The average molecular weight is 541 g/mol. The van der Waals surface area contributed by atoms with Gasteiger partial charge in [0, 0.05) is 31.0 Å². The van der Waals surface area contributed by atoms with Crippen LogP contribution in [0.2, 0.25) is 0 Å². The van der Waals surface area contributed by atoms with Crippen LogP contribution < -0.4 is 11.1 Å². The molecule has 0 saturated carbocycles. The second-order valence-corrected chi connectivity index (χ2v) is 12.7. The van der Waals surface area contributed by atoms with Crippen molar-refractivity contribution in [3.05, 3.63) is 47.8 Å². The normalized spacial score (nSPS) is 16.3. The highest BCUT2D eigenvalue weighted by molar-refractivity contribution is 7.89. The Hall–Kier alpha value is -3.80. The lowest BCUT2D eigenvalue weighted by Gasteiger charge is -2.34. The van der Waals surface area contributed by atoms with Gasteiger partial charge in [-0.15, -0.1) is 0 Å². The molecule has 38 heavy (non-hydrogen) atoms. The fraction of sp³-hybridized carbons (Fsp3) is 0.423. The summed E-state index contributed by atoms with van der Waals surface area (Å²) in [5.74, 6) is -0.316. The SMILES string of the molecule is CC(C)(C)OC(=O)N1CCC[C@H](Nc2ncnc3c(C(N)=O)cc(-c4ccc(CS(C)(=O)=O)cc4)nc23)C1. The lowest BCUT2D eigenvalue weighted by atomic mass is 10.0. The summed E-state index contributed by atoms with van der Waals surface area (Å²) in [6.45, 7) is 6.51. The van der Waals surface area contributed by atoms with Crippen LogP contribution in [0.5, 0.6) is 0 Å². The fourth-order valence-electron chi connectivity index (χ4n) is 4.34. The number of hydrogen-bond acceptors (Lipinski definition) is 9. The number of hydrogen-bond donors (Lipinski definition) is 2. The van der Waals surface area contributed by atoms with E-state index in [1.54, 1.807) is 35.2 Å². The van der Waals surface area contributed by atoms with E-state index in [9.17, 15) is 18.0 Å². The van der Waals surface area contributed by atoms with Gasteiger partial charge in [-0.05, 0) is 45.2 Å². The summed E-state index contributed by atoms with van der Waals surface area (Å²) in [6, 6.07) is 8.36. The average Bonchev–Trinajstić information content (AvgIpc) is 2.82. The molecule has 4 rings (SSSR count). The van der Waals surface area contributed by atoms with E-state index in [0.29, 0.717) is 46.8 Å². The maximum Gasteiger partial charge on any atom is 0.410 e. The number of rotatable bonds is 6. The number of carbonyl (C=O) groups excluding carboxylic acids is 2. The lowest BCUT2D eigenvalue weighted by molar-refractivity contribution is 0.0206. The van der Waals surface area contributed by atoms with Crippen LogP contribution >= 0.6 is 0 Å². The molecule has 0 aliphatic carbocycles. The third-order valence-electron chi connectivity index (χ3n) is 5.95. The number of fused-ring (bicyclic) bond motifs is 1. The molecule has 11 nitrogen and oxygen atoms in total. The van der Waals surface area contributed by atoms with Gasteiger partial charge >= 0.3 is 6.09 Å². The number of pyridine rings is 1. The van der Waals surface area contributed by atoms with Crippen LogP contribution in [0.1, 0.15) is 49.5 Å². The van der Waals surface area contributed by atoms with Crippen molar-refractivity contribution in [3.63, 3.8) is 0 Å². The quantitative estimate of drug-likeness (QED) is 0.479. The smallest absolute Gasteiger partial charge is 0.410 e. The van der Waals surface area contributed by atoms with E-state index in [2.05, 4.69) is 15.3 Å². The molecule has 3 heterocycles. The predicted octanol–water partition coefficient (Wildman–Crippen LogP) is 3.15. The number of ether oxygens (including phenoxy) is 1. The number of piperidine rings is 1. The second-order valence-electron chi connectivity index (χ2n) is 10.5. The molecule has 3 aromatic rings. The Bertz CT molecular complexity index is 1470. The standard InChI is InChI=1S/C26H32N6O5S/c1-26(2,3)37-25(34)32-11-5-6-18(13-32)30-24-22-21(28-15-29-24)19(23(27)33)12-20(31-22)17-9-7-16(8-10-17)14-38(4,35)36/h7-10,12,15,18H,5-6,11,13-14H2,1-4H3,(H2,27,33)(H,28,29,30)/t18-/m0/s1. The molecule has 1 aliphatic rings. The van der Waals surface area contributed by atoms with E-state index in [1.807, 2.05) is 20.8 Å². The van der Waals surface area contributed by atoms with Gasteiger partial charge in [-0.3, -0.25) is 4.79 Å². The Kier molecular flexibility index (Phi) is 7.54. The van der Waals surface area contributed by atoms with Crippen LogP contribution in [-0.4, -0.2) is 71.3 Å². The summed E-state index contributed by atoms with van der Waals surface area (Å²) in [7, 11) is -3.17. The first-order chi connectivity index (χ1) is 17.8. The number of nitrogens with two attached hydrogens (primary N) is 1. The zero-order valence-corrected chi connectivity index (χ0v) is 22.7. The van der Waals surface area contributed by atoms with E-state index < -0.39 is 21.3 Å². The number of nitrogens with one attached hydrogen (secondary N) is 1. The molecule has 0 unspecified atom stereocenters. The molecular weight excluding hydrogens is 508 g/mol. The number of likely N-dealkylation sites (tertiary alicyclic amines) is 1. The highest BCUT2D eigenvalue weighted by atomic mass is 32.2. The minimum absolute atomic E-state index is 0.0748. The lowest BCUT2D eigenvalue weighted by Crippen LogP contribution is -2.47. The van der Waals surface area contributed by atoms with Crippen molar-refractivity contribution in [2.24, 2.45) is 5.73 Å². The topological polar surface area (TPSA) is 157 Å². The Labute approximate surface area is 221 Å². The molecule has 202 valence electrons. The maximum absolute atomic E-state index is 12.6. The molecule has 1 fully saturated rings. The monoisotopic (exact) mass is 540 g/mol. The molecule has 1 aliphatic heterocycles. The summed E-state index contributed by atoms with van der Waals surface area (Å²) in [6.07, 6.45) is 3.73. The zero-order chi connectivity index (χ0) is 27.7. The van der Waals surface area contributed by atoms with E-state index in [-0.39, 0.29) is 23.5 Å². The molecule has 0 radical (unpaired) electrons. The van der Waals surface area contributed by atoms with Crippen molar-refractivity contribution in [3.8, 4) is 11.3 Å². The fourth-order valence-corrected chi connectivity index (χ4v) is 5.13. The Morgan fingerprint density at radius 2 is 1.87 bits per heavy atom. The molecule has 0 spiro atoms. The number of anilines is 1. The molecule has 3 N–H and O–H groups in total. The third kappa shape index (κ3) is 6.74. The summed E-state index contributed by atoms with van der Waals surface area (Å²) in [5.41, 5.74) is 7.75. The number of carbonyl (C=O) groups is 2. The number of sulfone groups is 1. The highest BCUT2D eigenvalue weighted by Gasteiger charge is 2.28. The Morgan fingerprint density at radius 3 is 2.50 bits per heavy atom. The van der Waals surface area contributed by atoms with Gasteiger partial charge in [-0.1, -0.05) is 24.3 Å². The van der Waals surface area contributed by atoms with Crippen molar-refractivity contribution in [1.82, 2.24) is 19.9 Å². The number of nitrogens with zero attached hydrogens (tertiary/aromatic N) is 4. The molecule has 2 aromatic heterocycles.